The van der Waals surface area contributed by atoms with Gasteiger partial charge in [-0.3, -0.25) is 0 Å². The molecule has 0 unspecified atom stereocenters. The maximum atomic E-state index is 9.12. The van der Waals surface area contributed by atoms with Gasteiger partial charge < -0.3 is 10.2 Å². The van der Waals surface area contributed by atoms with E-state index in [1.165, 1.54) is 0 Å². The van der Waals surface area contributed by atoms with Gasteiger partial charge in [0.05, 0.1) is 0 Å². The normalized spacial score (nSPS) is 10.0. The summed E-state index contributed by atoms with van der Waals surface area (Å²) in [6.07, 6.45) is 0. The van der Waals surface area contributed by atoms with Gasteiger partial charge in [-0.05, 0) is 35.4 Å². The molecule has 0 atom stereocenters. The van der Waals surface area contributed by atoms with Crippen molar-refractivity contribution in [3.63, 3.8) is 0 Å². The van der Waals surface area contributed by atoms with E-state index in [2.05, 4.69) is 0 Å². The van der Waals surface area contributed by atoms with Gasteiger partial charge in [0.25, 0.3) is 5.75 Å². The Hall–Kier alpha value is -1.96. The summed E-state index contributed by atoms with van der Waals surface area (Å²) >= 11 is 0. The standard InChI is InChI=1S/C12H10O2/c13-11-5-1-9(2-6-11)10-3-7-12(14)8-4-10/h1-8,13-14H/p+1. The first-order valence-electron chi connectivity index (χ1n) is 4.37. The lowest BCUT2D eigenvalue weighted by molar-refractivity contribution is 0.474. The second kappa shape index (κ2) is 3.42. The van der Waals surface area contributed by atoms with Crippen LogP contribution in [0.2, 0.25) is 0 Å². The lowest BCUT2D eigenvalue weighted by atomic mass is 10.1. The molecule has 70 valence electrons. The van der Waals surface area contributed by atoms with Crippen molar-refractivity contribution >= 4 is 0 Å². The summed E-state index contributed by atoms with van der Waals surface area (Å²) in [6, 6.07) is 14.3. The Morgan fingerprint density at radius 2 is 1.14 bits per heavy atom. The molecular formula is C12H11O2+. The van der Waals surface area contributed by atoms with Crippen LogP contribution in [0.1, 0.15) is 0 Å². The molecule has 2 nitrogen and oxygen atoms in total. The van der Waals surface area contributed by atoms with Crippen LogP contribution in [0.3, 0.4) is 0 Å². The van der Waals surface area contributed by atoms with E-state index in [0.29, 0.717) is 5.75 Å². The summed E-state index contributed by atoms with van der Waals surface area (Å²) in [6.45, 7) is 0. The van der Waals surface area contributed by atoms with Gasteiger partial charge in [0.2, 0.25) is 0 Å². The van der Waals surface area contributed by atoms with E-state index in [4.69, 9.17) is 10.2 Å². The molecule has 14 heavy (non-hydrogen) atoms. The van der Waals surface area contributed by atoms with E-state index in [9.17, 15) is 0 Å². The Kier molecular flexibility index (Phi) is 2.11. The number of phenols is 1. The molecule has 0 saturated carbocycles. The van der Waals surface area contributed by atoms with Gasteiger partial charge in [-0.15, -0.1) is 0 Å². The second-order valence-corrected chi connectivity index (χ2v) is 3.12. The smallest absolute Gasteiger partial charge is 0.253 e. The van der Waals surface area contributed by atoms with E-state index in [1.54, 1.807) is 24.3 Å². The predicted octanol–water partition coefficient (Wildman–Crippen LogP) is 2.50. The SMILES string of the molecule is Oc1ccc(-c2ccc([OH2+])cc2)cc1. The van der Waals surface area contributed by atoms with E-state index >= 15 is 0 Å². The van der Waals surface area contributed by atoms with E-state index in [-0.39, 0.29) is 5.75 Å². The van der Waals surface area contributed by atoms with Crippen molar-refractivity contribution in [2.45, 2.75) is 0 Å². The maximum absolute atomic E-state index is 9.12. The third-order valence-corrected chi connectivity index (χ3v) is 2.09. The van der Waals surface area contributed by atoms with E-state index in [0.717, 1.165) is 11.1 Å². The van der Waals surface area contributed by atoms with Crippen LogP contribution >= 0.6 is 0 Å². The molecule has 0 radical (unpaired) electrons. The molecular weight excluding hydrogens is 176 g/mol. The highest BCUT2D eigenvalue weighted by Gasteiger charge is 1.98. The van der Waals surface area contributed by atoms with Crippen LogP contribution in [0.25, 0.3) is 11.1 Å². The highest BCUT2D eigenvalue weighted by Crippen LogP contribution is 2.23. The van der Waals surface area contributed by atoms with E-state index in [1.807, 2.05) is 24.3 Å². The lowest BCUT2D eigenvalue weighted by Crippen LogP contribution is -1.75. The lowest BCUT2D eigenvalue weighted by Gasteiger charge is -2.00. The highest BCUT2D eigenvalue weighted by atomic mass is 16.3. The molecule has 0 fully saturated rings. The molecule has 0 heterocycles. The summed E-state index contributed by atoms with van der Waals surface area (Å²) in [5.74, 6) is 0.776. The van der Waals surface area contributed by atoms with Crippen molar-refractivity contribution in [3.05, 3.63) is 48.5 Å². The number of benzene rings is 2. The average molecular weight is 187 g/mol. The zero-order valence-corrected chi connectivity index (χ0v) is 7.57. The highest BCUT2D eigenvalue weighted by molar-refractivity contribution is 5.64. The van der Waals surface area contributed by atoms with Crippen LogP contribution in [0.5, 0.6) is 11.5 Å². The topological polar surface area (TPSA) is 43.1 Å². The molecule has 0 amide bonds. The van der Waals surface area contributed by atoms with Crippen molar-refractivity contribution in [3.8, 4) is 22.6 Å². The van der Waals surface area contributed by atoms with Crippen molar-refractivity contribution in [2.24, 2.45) is 0 Å². The minimum Gasteiger partial charge on any atom is -0.593 e. The van der Waals surface area contributed by atoms with Gasteiger partial charge in [-0.1, -0.05) is 12.1 Å². The molecule has 0 aliphatic heterocycles. The minimum absolute atomic E-state index is 0.269. The molecule has 3 N–H and O–H groups in total. The first-order chi connectivity index (χ1) is 6.75. The van der Waals surface area contributed by atoms with Gasteiger partial charge in [0.1, 0.15) is 5.75 Å². The number of phenolic OH excluding ortho intramolecular Hbond substituents is 1. The molecule has 0 aliphatic rings. The molecule has 0 aliphatic carbocycles. The summed E-state index contributed by atoms with van der Waals surface area (Å²) < 4.78 is 0. The number of aromatic hydroxyl groups is 1. The summed E-state index contributed by atoms with van der Waals surface area (Å²) in [5, 5.41) is 16.5. The fraction of sp³-hybridized carbons (Fsp3) is 0. The summed E-state index contributed by atoms with van der Waals surface area (Å²) in [5.41, 5.74) is 2.10. The van der Waals surface area contributed by atoms with Crippen LogP contribution in [0, 0.1) is 0 Å². The van der Waals surface area contributed by atoms with Crippen LogP contribution in [-0.2, 0) is 0 Å². The Balaban J connectivity index is 2.40. The number of rotatable bonds is 1. The monoisotopic (exact) mass is 187 g/mol. The Labute approximate surface area is 82.1 Å². The molecule has 2 aromatic rings. The van der Waals surface area contributed by atoms with Crippen LogP contribution in [-0.4, -0.2) is 10.2 Å². The van der Waals surface area contributed by atoms with Crippen LogP contribution < -0.4 is 0 Å². The predicted molar refractivity (Wildman–Crippen MR) is 56.6 cm³/mol. The molecule has 2 heteroatoms. The van der Waals surface area contributed by atoms with Gasteiger partial charge in [-0.25, -0.2) is 0 Å². The number of hydrogen-bond acceptors (Lipinski definition) is 1. The van der Waals surface area contributed by atoms with Crippen LogP contribution in [0.15, 0.2) is 48.5 Å². The number of hydrogen-bond donors (Lipinski definition) is 1. The first kappa shape index (κ1) is 8.63. The van der Waals surface area contributed by atoms with Gasteiger partial charge in [0.15, 0.2) is 0 Å². The minimum atomic E-state index is 0.269. The van der Waals surface area contributed by atoms with Gasteiger partial charge in [-0.2, -0.15) is 0 Å². The Morgan fingerprint density at radius 3 is 1.64 bits per heavy atom. The first-order valence-corrected chi connectivity index (χ1v) is 4.37. The average Bonchev–Trinajstić information content (AvgIpc) is 2.21. The van der Waals surface area contributed by atoms with Crippen molar-refractivity contribution in [1.82, 2.24) is 0 Å². The van der Waals surface area contributed by atoms with Gasteiger partial charge in [0, 0.05) is 12.1 Å². The molecule has 2 aromatic carbocycles. The van der Waals surface area contributed by atoms with E-state index < -0.39 is 0 Å². The van der Waals surface area contributed by atoms with Crippen molar-refractivity contribution < 1.29 is 10.2 Å². The summed E-state index contributed by atoms with van der Waals surface area (Å²) in [4.78, 5) is 0. The fourth-order valence-corrected chi connectivity index (χ4v) is 1.32. The molecule has 0 bridgehead atoms. The Morgan fingerprint density at radius 1 is 0.714 bits per heavy atom. The zero-order valence-electron chi connectivity index (χ0n) is 7.57. The quantitative estimate of drug-likeness (QED) is 0.685. The van der Waals surface area contributed by atoms with Gasteiger partial charge >= 0.3 is 0 Å². The van der Waals surface area contributed by atoms with Crippen LogP contribution in [0.4, 0.5) is 0 Å². The van der Waals surface area contributed by atoms with Crippen molar-refractivity contribution in [1.29, 1.82) is 0 Å². The maximum Gasteiger partial charge on any atom is 0.253 e. The molecule has 0 aromatic heterocycles. The molecule has 0 spiro atoms. The van der Waals surface area contributed by atoms with Crippen molar-refractivity contribution in [2.75, 3.05) is 0 Å². The summed E-state index contributed by atoms with van der Waals surface area (Å²) in [7, 11) is 0. The fourth-order valence-electron chi connectivity index (χ4n) is 1.32. The Bertz CT molecular complexity index is 372. The molecule has 0 saturated heterocycles. The largest absolute Gasteiger partial charge is 0.593 e. The second-order valence-electron chi connectivity index (χ2n) is 3.12. The molecule has 2 rings (SSSR count). The zero-order chi connectivity index (χ0) is 9.97. The third kappa shape index (κ3) is 1.69. The third-order valence-electron chi connectivity index (χ3n) is 2.09.